The molecule has 6 aromatic carbocycles. The molecule has 1 aliphatic carbocycles. The SMILES string of the molecule is Cc1ccc(-c2nc(-c3ccc(C)cc3C)nc(-c3ccc(OCCOC(=O)C4CCC(C(=O)OCCOc5ccc(-c6nc(-c7ccccc7)nc(-c7ccccc7)n6)c(O)c5)CC4)cc3O)n2)c(C)c1. The van der Waals surface area contributed by atoms with Gasteiger partial charge in [-0.1, -0.05) is 108 Å². The van der Waals surface area contributed by atoms with Crippen LogP contribution in [-0.2, 0) is 19.1 Å². The maximum atomic E-state index is 13.0. The molecule has 2 N–H and O–H groups in total. The second kappa shape index (κ2) is 22.1. The molecule has 14 nitrogen and oxygen atoms in total. The van der Waals surface area contributed by atoms with Crippen molar-refractivity contribution in [3.8, 4) is 91.3 Å². The molecule has 2 aromatic heterocycles. The van der Waals surface area contributed by atoms with Gasteiger partial charge in [-0.3, -0.25) is 9.59 Å². The third-order valence-electron chi connectivity index (χ3n) is 12.6. The molecule has 1 aliphatic rings. The molecular formula is C58H54N6O8. The highest BCUT2D eigenvalue weighted by Gasteiger charge is 2.32. The summed E-state index contributed by atoms with van der Waals surface area (Å²) in [6, 6.07) is 41.1. The topological polar surface area (TPSA) is 189 Å². The van der Waals surface area contributed by atoms with Crippen LogP contribution >= 0.6 is 0 Å². The van der Waals surface area contributed by atoms with Gasteiger partial charge in [-0.2, -0.15) is 0 Å². The molecule has 0 saturated heterocycles. The van der Waals surface area contributed by atoms with E-state index in [0.717, 1.165) is 44.5 Å². The number of carbonyl (C=O) groups excluding carboxylic acids is 2. The van der Waals surface area contributed by atoms with Crippen molar-refractivity contribution in [2.24, 2.45) is 11.8 Å². The third-order valence-corrected chi connectivity index (χ3v) is 12.6. The molecule has 0 unspecified atom stereocenters. The molecule has 72 heavy (non-hydrogen) atoms. The molecule has 9 rings (SSSR count). The zero-order valence-corrected chi connectivity index (χ0v) is 40.5. The highest BCUT2D eigenvalue weighted by atomic mass is 16.6. The monoisotopic (exact) mass is 962 g/mol. The van der Waals surface area contributed by atoms with Gasteiger partial charge in [0.1, 0.15) is 49.4 Å². The summed E-state index contributed by atoms with van der Waals surface area (Å²) >= 11 is 0. The van der Waals surface area contributed by atoms with E-state index in [9.17, 15) is 19.8 Å². The summed E-state index contributed by atoms with van der Waals surface area (Å²) in [5.41, 5.74) is 8.50. The molecule has 0 atom stereocenters. The highest BCUT2D eigenvalue weighted by molar-refractivity contribution is 5.76. The maximum absolute atomic E-state index is 13.0. The molecular weight excluding hydrogens is 909 g/mol. The minimum absolute atomic E-state index is 0.0116. The summed E-state index contributed by atoms with van der Waals surface area (Å²) in [4.78, 5) is 54.5. The lowest BCUT2D eigenvalue weighted by Crippen LogP contribution is -2.29. The van der Waals surface area contributed by atoms with Crippen LogP contribution in [0.1, 0.15) is 47.9 Å². The van der Waals surface area contributed by atoms with Gasteiger partial charge in [-0.15, -0.1) is 0 Å². The summed E-state index contributed by atoms with van der Waals surface area (Å²) in [7, 11) is 0. The van der Waals surface area contributed by atoms with Crippen LogP contribution in [0.3, 0.4) is 0 Å². The zero-order valence-electron chi connectivity index (χ0n) is 40.5. The van der Waals surface area contributed by atoms with Crippen molar-refractivity contribution in [2.45, 2.75) is 53.4 Å². The smallest absolute Gasteiger partial charge is 0.309 e. The molecule has 0 aliphatic heterocycles. The van der Waals surface area contributed by atoms with Gasteiger partial charge < -0.3 is 29.2 Å². The first kappa shape index (κ1) is 48.5. The van der Waals surface area contributed by atoms with Crippen molar-refractivity contribution in [2.75, 3.05) is 26.4 Å². The summed E-state index contributed by atoms with van der Waals surface area (Å²) < 4.78 is 22.8. The Morgan fingerprint density at radius 3 is 1.15 bits per heavy atom. The number of hydrogen-bond donors (Lipinski definition) is 2. The fourth-order valence-corrected chi connectivity index (χ4v) is 8.78. The van der Waals surface area contributed by atoms with E-state index in [4.69, 9.17) is 38.9 Å². The van der Waals surface area contributed by atoms with Gasteiger partial charge in [0.25, 0.3) is 0 Å². The molecule has 0 radical (unpaired) electrons. The number of aromatic hydroxyl groups is 2. The van der Waals surface area contributed by atoms with E-state index in [2.05, 4.69) is 22.1 Å². The van der Waals surface area contributed by atoms with Crippen molar-refractivity contribution in [1.29, 1.82) is 0 Å². The summed E-state index contributed by atoms with van der Waals surface area (Å²) in [5, 5.41) is 22.3. The molecule has 14 heteroatoms. The number of phenolic OH excluding ortho intramolecular Hbond substituents is 2. The second-order valence-corrected chi connectivity index (χ2v) is 17.9. The summed E-state index contributed by atoms with van der Waals surface area (Å²) in [5.74, 6) is 1.83. The minimum Gasteiger partial charge on any atom is -0.507 e. The van der Waals surface area contributed by atoms with Gasteiger partial charge in [0.15, 0.2) is 34.9 Å². The average Bonchev–Trinajstić information content (AvgIpc) is 3.39. The number of benzene rings is 6. The van der Waals surface area contributed by atoms with E-state index in [-0.39, 0.29) is 61.7 Å². The van der Waals surface area contributed by atoms with Gasteiger partial charge in [0.05, 0.1) is 23.0 Å². The van der Waals surface area contributed by atoms with Crippen LogP contribution in [0.25, 0.3) is 68.3 Å². The first-order valence-electron chi connectivity index (χ1n) is 24.0. The fourth-order valence-electron chi connectivity index (χ4n) is 8.78. The predicted octanol–water partition coefficient (Wildman–Crippen LogP) is 11.1. The molecule has 1 fully saturated rings. The third kappa shape index (κ3) is 11.6. The minimum atomic E-state index is -0.344. The van der Waals surface area contributed by atoms with Crippen molar-refractivity contribution in [3.63, 3.8) is 0 Å². The molecule has 1 saturated carbocycles. The number of aromatic nitrogens is 6. The Hall–Kier alpha value is -8.52. The quantitative estimate of drug-likeness (QED) is 0.0687. The van der Waals surface area contributed by atoms with Crippen molar-refractivity contribution in [1.82, 2.24) is 29.9 Å². The Morgan fingerprint density at radius 2 is 0.778 bits per heavy atom. The molecule has 0 amide bonds. The van der Waals surface area contributed by atoms with Crippen LogP contribution in [0.5, 0.6) is 23.0 Å². The number of nitrogens with zero attached hydrogens (tertiary/aromatic N) is 6. The average molecular weight is 963 g/mol. The van der Waals surface area contributed by atoms with Gasteiger partial charge in [0, 0.05) is 34.4 Å². The number of carbonyl (C=O) groups is 2. The van der Waals surface area contributed by atoms with Crippen LogP contribution in [0.15, 0.2) is 133 Å². The van der Waals surface area contributed by atoms with Crippen LogP contribution in [0.4, 0.5) is 0 Å². The Kier molecular flexibility index (Phi) is 14.9. The predicted molar refractivity (Wildman–Crippen MR) is 273 cm³/mol. The van der Waals surface area contributed by atoms with Gasteiger partial charge >= 0.3 is 11.9 Å². The standard InChI is InChI=1S/C58H54N6O8/c1-35-15-23-45(37(3)31-35)53-62-54(46-24-16-36(2)32-38(46)4)64-56(63-53)48-26-22-44(34-50(48)66)70-28-30-72-58(68)42-19-17-41(18-20-42)57(67)71-29-27-69-43-21-25-47(49(65)33-43)55-60-51(39-11-7-5-8-12-39)59-52(61-55)40-13-9-6-10-14-40/h5-16,21-26,31-34,41-42,65-66H,17-20,27-30H2,1-4H3. The lowest BCUT2D eigenvalue weighted by atomic mass is 9.82. The largest absolute Gasteiger partial charge is 0.507 e. The second-order valence-electron chi connectivity index (χ2n) is 17.9. The number of rotatable bonds is 16. The molecule has 8 aromatic rings. The maximum Gasteiger partial charge on any atom is 0.309 e. The molecule has 0 bridgehead atoms. The highest BCUT2D eigenvalue weighted by Crippen LogP contribution is 2.36. The Bertz CT molecular complexity index is 3110. The van der Waals surface area contributed by atoms with E-state index in [0.29, 0.717) is 83.3 Å². The number of aryl methyl sites for hydroxylation is 4. The van der Waals surface area contributed by atoms with Crippen LogP contribution in [-0.4, -0.2) is 78.5 Å². The van der Waals surface area contributed by atoms with Gasteiger partial charge in [-0.25, -0.2) is 29.9 Å². The van der Waals surface area contributed by atoms with Crippen molar-refractivity contribution >= 4 is 11.9 Å². The van der Waals surface area contributed by atoms with Crippen molar-refractivity contribution < 1.29 is 38.7 Å². The Balaban J connectivity index is 0.726. The fraction of sp³-hybridized carbons (Fsp3) is 0.241. The molecule has 0 spiro atoms. The van der Waals surface area contributed by atoms with E-state index in [1.165, 1.54) is 12.1 Å². The van der Waals surface area contributed by atoms with E-state index >= 15 is 0 Å². The lowest BCUT2D eigenvalue weighted by Gasteiger charge is -2.26. The Labute approximate surface area is 417 Å². The number of hydrogen-bond acceptors (Lipinski definition) is 14. The normalized spacial score (nSPS) is 14.3. The first-order chi connectivity index (χ1) is 34.9. The first-order valence-corrected chi connectivity index (χ1v) is 24.0. The molecule has 364 valence electrons. The van der Waals surface area contributed by atoms with Gasteiger partial charge in [0.2, 0.25) is 0 Å². The van der Waals surface area contributed by atoms with E-state index in [1.807, 2.05) is 113 Å². The summed E-state index contributed by atoms with van der Waals surface area (Å²) in [6.07, 6.45) is 1.97. The van der Waals surface area contributed by atoms with E-state index in [1.54, 1.807) is 24.3 Å². The van der Waals surface area contributed by atoms with Crippen LogP contribution < -0.4 is 9.47 Å². The molecule has 2 heterocycles. The number of ether oxygens (including phenoxy) is 4. The lowest BCUT2D eigenvalue weighted by molar-refractivity contribution is -0.155. The zero-order chi connectivity index (χ0) is 50.1. The van der Waals surface area contributed by atoms with Crippen molar-refractivity contribution in [3.05, 3.63) is 156 Å². The van der Waals surface area contributed by atoms with Crippen LogP contribution in [0.2, 0.25) is 0 Å². The summed E-state index contributed by atoms with van der Waals surface area (Å²) in [6.45, 7) is 8.29. The van der Waals surface area contributed by atoms with E-state index < -0.39 is 0 Å². The Morgan fingerprint density at radius 1 is 0.431 bits per heavy atom. The van der Waals surface area contributed by atoms with Crippen LogP contribution in [0, 0.1) is 39.5 Å². The van der Waals surface area contributed by atoms with Gasteiger partial charge in [-0.05, 0) is 88.8 Å². The number of phenols is 2. The number of esters is 2.